The van der Waals surface area contributed by atoms with Crippen LogP contribution >= 0.6 is 22.7 Å². The molecule has 1 amide bonds. The van der Waals surface area contributed by atoms with Crippen LogP contribution < -0.4 is 5.43 Å². The van der Waals surface area contributed by atoms with E-state index in [1.165, 1.54) is 11.3 Å². The first-order chi connectivity index (χ1) is 10.3. The number of carbonyl (C=O) groups excluding carboxylic acids is 1. The normalized spacial score (nSPS) is 11.6. The number of hydrogen-bond acceptors (Lipinski definition) is 4. The Bertz CT molecular complexity index is 755. The van der Waals surface area contributed by atoms with Gasteiger partial charge in [-0.3, -0.25) is 4.79 Å². The number of nitrogens with zero attached hydrogens (tertiary/aromatic N) is 2. The fourth-order valence-electron chi connectivity index (χ4n) is 1.90. The van der Waals surface area contributed by atoms with Crippen LogP contribution in [0.25, 0.3) is 5.69 Å². The van der Waals surface area contributed by atoms with E-state index in [9.17, 15) is 4.79 Å². The second-order valence-corrected chi connectivity index (χ2v) is 6.20. The molecule has 0 fully saturated rings. The van der Waals surface area contributed by atoms with Crippen molar-refractivity contribution in [3.8, 4) is 5.69 Å². The van der Waals surface area contributed by atoms with Gasteiger partial charge in [0.25, 0.3) is 5.91 Å². The maximum Gasteiger partial charge on any atom is 0.283 e. The lowest BCUT2D eigenvalue weighted by Gasteiger charge is -2.04. The first-order valence-electron chi connectivity index (χ1n) is 6.35. The number of aromatic nitrogens is 1. The van der Waals surface area contributed by atoms with Crippen molar-refractivity contribution in [1.29, 1.82) is 0 Å². The molecule has 0 unspecified atom stereocenters. The predicted octanol–water partition coefficient (Wildman–Crippen LogP) is 3.75. The summed E-state index contributed by atoms with van der Waals surface area (Å²) in [6.07, 6.45) is 3.83. The average molecular weight is 315 g/mol. The van der Waals surface area contributed by atoms with E-state index in [0.29, 0.717) is 4.88 Å². The highest BCUT2D eigenvalue weighted by Gasteiger charge is 2.13. The molecule has 0 saturated carbocycles. The molecule has 3 heterocycles. The predicted molar refractivity (Wildman–Crippen MR) is 87.6 cm³/mol. The van der Waals surface area contributed by atoms with Crippen molar-refractivity contribution < 1.29 is 4.79 Å². The monoisotopic (exact) mass is 315 g/mol. The van der Waals surface area contributed by atoms with Crippen LogP contribution in [0.5, 0.6) is 0 Å². The largest absolute Gasteiger partial charge is 0.322 e. The molecule has 0 aliphatic heterocycles. The zero-order valence-electron chi connectivity index (χ0n) is 11.3. The minimum absolute atomic E-state index is 0.190. The minimum Gasteiger partial charge on any atom is -0.322 e. The Morgan fingerprint density at radius 2 is 1.95 bits per heavy atom. The van der Waals surface area contributed by atoms with Crippen molar-refractivity contribution in [1.82, 2.24) is 9.99 Å². The van der Waals surface area contributed by atoms with Crippen molar-refractivity contribution >= 4 is 34.3 Å². The van der Waals surface area contributed by atoms with Crippen molar-refractivity contribution in [2.45, 2.75) is 6.92 Å². The summed E-state index contributed by atoms with van der Waals surface area (Å²) < 4.78 is 1.92. The van der Waals surface area contributed by atoms with Gasteiger partial charge in [-0.25, -0.2) is 5.43 Å². The molecule has 3 aromatic rings. The molecule has 3 rings (SSSR count). The lowest BCUT2D eigenvalue weighted by atomic mass is 10.3. The molecule has 21 heavy (non-hydrogen) atoms. The summed E-state index contributed by atoms with van der Waals surface area (Å²) in [6.45, 7) is 1.88. The van der Waals surface area contributed by atoms with Crippen molar-refractivity contribution in [2.24, 2.45) is 5.10 Å². The van der Waals surface area contributed by atoms with Gasteiger partial charge in [0.05, 0.1) is 11.4 Å². The molecule has 0 aliphatic carbocycles. The Morgan fingerprint density at radius 1 is 1.14 bits per heavy atom. The van der Waals surface area contributed by atoms with E-state index in [1.54, 1.807) is 11.3 Å². The quantitative estimate of drug-likeness (QED) is 0.578. The molecule has 0 aromatic carbocycles. The zero-order valence-corrected chi connectivity index (χ0v) is 12.9. The summed E-state index contributed by atoms with van der Waals surface area (Å²) in [6, 6.07) is 9.72. The third kappa shape index (κ3) is 2.96. The molecular weight excluding hydrogens is 302 g/mol. The molecule has 4 nitrogen and oxygen atoms in total. The van der Waals surface area contributed by atoms with Gasteiger partial charge in [-0.15, -0.1) is 22.7 Å². The van der Waals surface area contributed by atoms with Crippen LogP contribution in [-0.2, 0) is 0 Å². The van der Waals surface area contributed by atoms with E-state index in [1.807, 2.05) is 65.0 Å². The van der Waals surface area contributed by atoms with Gasteiger partial charge in [0, 0.05) is 17.3 Å². The summed E-state index contributed by atoms with van der Waals surface area (Å²) >= 11 is 3.00. The van der Waals surface area contributed by atoms with Crippen LogP contribution in [0.1, 0.15) is 21.5 Å². The van der Waals surface area contributed by atoms with E-state index in [2.05, 4.69) is 10.5 Å². The zero-order chi connectivity index (χ0) is 14.7. The average Bonchev–Trinajstić information content (AvgIpc) is 3.25. The summed E-state index contributed by atoms with van der Waals surface area (Å²) in [7, 11) is 0. The van der Waals surface area contributed by atoms with E-state index in [-0.39, 0.29) is 5.91 Å². The van der Waals surface area contributed by atoms with Crippen LogP contribution in [0.4, 0.5) is 0 Å². The summed E-state index contributed by atoms with van der Waals surface area (Å²) in [5.74, 6) is -0.190. The number of carbonyl (C=O) groups is 1. The summed E-state index contributed by atoms with van der Waals surface area (Å²) in [4.78, 5) is 14.0. The molecule has 3 aromatic heterocycles. The molecular formula is C15H13N3OS2. The fourth-order valence-corrected chi connectivity index (χ4v) is 3.35. The van der Waals surface area contributed by atoms with E-state index >= 15 is 0 Å². The Morgan fingerprint density at radius 3 is 2.67 bits per heavy atom. The molecule has 0 spiro atoms. The first-order valence-corrected chi connectivity index (χ1v) is 8.11. The molecule has 6 heteroatoms. The van der Waals surface area contributed by atoms with Gasteiger partial charge >= 0.3 is 0 Å². The highest BCUT2D eigenvalue weighted by Crippen LogP contribution is 2.21. The molecule has 0 atom stereocenters. The summed E-state index contributed by atoms with van der Waals surface area (Å²) in [5.41, 5.74) is 4.30. The van der Waals surface area contributed by atoms with E-state index in [4.69, 9.17) is 0 Å². The molecule has 0 radical (unpaired) electrons. The van der Waals surface area contributed by atoms with Gasteiger partial charge in [0.2, 0.25) is 0 Å². The smallest absolute Gasteiger partial charge is 0.283 e. The second-order valence-electron chi connectivity index (χ2n) is 4.34. The van der Waals surface area contributed by atoms with Crippen LogP contribution in [-0.4, -0.2) is 16.2 Å². The Balaban J connectivity index is 1.78. The Kier molecular flexibility index (Phi) is 3.98. The topological polar surface area (TPSA) is 46.4 Å². The number of nitrogens with one attached hydrogen (secondary N) is 1. The maximum absolute atomic E-state index is 12.3. The van der Waals surface area contributed by atoms with Crippen LogP contribution in [0.2, 0.25) is 0 Å². The molecule has 0 saturated heterocycles. The van der Waals surface area contributed by atoms with Gasteiger partial charge in [0.15, 0.2) is 0 Å². The third-order valence-corrected chi connectivity index (χ3v) is 4.82. The van der Waals surface area contributed by atoms with Crippen LogP contribution in [0, 0.1) is 0 Å². The minimum atomic E-state index is -0.190. The number of hydrazone groups is 1. The Labute approximate surface area is 130 Å². The second kappa shape index (κ2) is 6.07. The lowest BCUT2D eigenvalue weighted by Crippen LogP contribution is -2.19. The molecule has 0 aliphatic rings. The molecule has 1 N–H and O–H groups in total. The van der Waals surface area contributed by atoms with Gasteiger partial charge in [-0.2, -0.15) is 5.10 Å². The first kappa shape index (κ1) is 13.8. The van der Waals surface area contributed by atoms with Crippen LogP contribution in [0.3, 0.4) is 0 Å². The fraction of sp³-hybridized carbons (Fsp3) is 0.0667. The highest BCUT2D eigenvalue weighted by atomic mass is 32.1. The number of thiophene rings is 2. The Hall–Kier alpha value is -2.18. The van der Waals surface area contributed by atoms with Gasteiger partial charge in [-0.05, 0) is 41.9 Å². The number of rotatable bonds is 4. The molecule has 106 valence electrons. The lowest BCUT2D eigenvalue weighted by molar-refractivity contribution is 0.0959. The standard InChI is InChI=1S/C15H13N3OS2/c1-11(13-5-4-9-20-13)16-17-15(19)14-12(6-10-21-14)18-7-2-3-8-18/h2-10H,1H3,(H,17,19)/b16-11-. The van der Waals surface area contributed by atoms with Crippen molar-refractivity contribution in [3.05, 3.63) is 63.2 Å². The van der Waals surface area contributed by atoms with Gasteiger partial charge < -0.3 is 4.57 Å². The molecule has 0 bridgehead atoms. The van der Waals surface area contributed by atoms with Gasteiger partial charge in [0.1, 0.15) is 4.88 Å². The van der Waals surface area contributed by atoms with Crippen molar-refractivity contribution in [3.63, 3.8) is 0 Å². The van der Waals surface area contributed by atoms with E-state index in [0.717, 1.165) is 16.3 Å². The maximum atomic E-state index is 12.3. The third-order valence-electron chi connectivity index (χ3n) is 2.94. The number of amides is 1. The van der Waals surface area contributed by atoms with Crippen molar-refractivity contribution in [2.75, 3.05) is 0 Å². The van der Waals surface area contributed by atoms with Crippen LogP contribution in [0.15, 0.2) is 58.6 Å². The summed E-state index contributed by atoms with van der Waals surface area (Å²) in [5, 5.41) is 8.06. The van der Waals surface area contributed by atoms with Gasteiger partial charge in [-0.1, -0.05) is 6.07 Å². The SMILES string of the molecule is C/C(=N/NC(=O)c1sccc1-n1cccc1)c1cccs1. The highest BCUT2D eigenvalue weighted by molar-refractivity contribution is 7.12. The van der Waals surface area contributed by atoms with E-state index < -0.39 is 0 Å². The number of hydrogen-bond donors (Lipinski definition) is 1.